The van der Waals surface area contributed by atoms with Crippen LogP contribution in [0, 0.1) is 0 Å². The summed E-state index contributed by atoms with van der Waals surface area (Å²) in [6.07, 6.45) is 0. The Labute approximate surface area is 46.8 Å². The smallest absolute Gasteiger partial charge is 0.284 e. The van der Waals surface area contributed by atoms with Crippen LogP contribution in [-0.4, -0.2) is 24.4 Å². The quantitative estimate of drug-likeness (QED) is 0.413. The summed E-state index contributed by atoms with van der Waals surface area (Å²) in [5.41, 5.74) is 9.20. The van der Waals surface area contributed by atoms with Gasteiger partial charge in [0.2, 0.25) is 0 Å². The van der Waals surface area contributed by atoms with E-state index >= 15 is 0 Å². The molecule has 1 rings (SSSR count). The normalized spacial score (nSPS) is 19.2. The molecule has 3 N–H and O–H groups in total. The van der Waals surface area contributed by atoms with Crippen molar-refractivity contribution in [2.75, 3.05) is 13.3 Å². The van der Waals surface area contributed by atoms with Crippen LogP contribution in [0.15, 0.2) is 0 Å². The van der Waals surface area contributed by atoms with Gasteiger partial charge in [-0.1, -0.05) is 0 Å². The second kappa shape index (κ2) is 1.97. The van der Waals surface area contributed by atoms with Crippen molar-refractivity contribution in [1.29, 1.82) is 0 Å². The molecule has 8 heavy (non-hydrogen) atoms. The third-order valence-electron chi connectivity index (χ3n) is 0.910. The Kier molecular flexibility index (Phi) is 1.32. The summed E-state index contributed by atoms with van der Waals surface area (Å²) < 4.78 is 0. The lowest BCUT2D eigenvalue weighted by molar-refractivity contribution is 0.199. The number of nitrogens with zero attached hydrogens (tertiary/aromatic N) is 1. The minimum Gasteiger partial charge on any atom is -0.284 e. The lowest BCUT2D eigenvalue weighted by Gasteiger charge is -2.07. The standard InChI is InChI=1S/C3H7N4O/c4-3(8)7-2-5-1-6-7/h4-6H,1-2H2. The van der Waals surface area contributed by atoms with Gasteiger partial charge in [0.1, 0.15) is 0 Å². The van der Waals surface area contributed by atoms with Crippen molar-refractivity contribution in [3.05, 3.63) is 0 Å². The van der Waals surface area contributed by atoms with E-state index in [1.807, 2.05) is 0 Å². The van der Waals surface area contributed by atoms with Gasteiger partial charge in [-0.25, -0.2) is 21.0 Å². The molecule has 1 aliphatic heterocycles. The minimum absolute atomic E-state index is 0.433. The molecule has 0 aromatic heterocycles. The Morgan fingerprint density at radius 2 is 2.50 bits per heavy atom. The SMILES string of the molecule is [NH]C(=O)N1CNCN1. The largest absolute Gasteiger partial charge is 0.351 e. The van der Waals surface area contributed by atoms with Gasteiger partial charge >= 0.3 is 6.03 Å². The lowest BCUT2D eigenvalue weighted by Crippen LogP contribution is -2.36. The number of carbonyl (C=O) groups is 1. The molecule has 0 aromatic carbocycles. The number of hydrogen-bond donors (Lipinski definition) is 2. The molecule has 0 unspecified atom stereocenters. The van der Waals surface area contributed by atoms with E-state index in [1.165, 1.54) is 5.01 Å². The Morgan fingerprint density at radius 3 is 2.75 bits per heavy atom. The number of urea groups is 1. The molecular formula is C3H7N4O. The molecule has 0 aromatic rings. The van der Waals surface area contributed by atoms with Gasteiger partial charge in [-0.2, -0.15) is 0 Å². The fourth-order valence-electron chi connectivity index (χ4n) is 0.519. The van der Waals surface area contributed by atoms with Crippen molar-refractivity contribution in [2.24, 2.45) is 0 Å². The fraction of sp³-hybridized carbons (Fsp3) is 0.667. The van der Waals surface area contributed by atoms with E-state index in [4.69, 9.17) is 5.73 Å². The minimum atomic E-state index is -0.699. The van der Waals surface area contributed by atoms with Crippen LogP contribution < -0.4 is 16.5 Å². The Bertz CT molecular complexity index is 97.5. The third-order valence-corrected chi connectivity index (χ3v) is 0.910. The number of hydrazine groups is 1. The molecule has 5 heteroatoms. The Balaban J connectivity index is 2.35. The highest BCUT2D eigenvalue weighted by molar-refractivity contribution is 5.70. The van der Waals surface area contributed by atoms with Crippen molar-refractivity contribution >= 4 is 6.03 Å². The summed E-state index contributed by atoms with van der Waals surface area (Å²) in [4.78, 5) is 10.1. The highest BCUT2D eigenvalue weighted by Crippen LogP contribution is 1.83. The van der Waals surface area contributed by atoms with Gasteiger partial charge in [0.25, 0.3) is 0 Å². The average molecular weight is 115 g/mol. The summed E-state index contributed by atoms with van der Waals surface area (Å²) in [5.74, 6) is 0. The van der Waals surface area contributed by atoms with E-state index in [0.29, 0.717) is 13.3 Å². The van der Waals surface area contributed by atoms with Crippen LogP contribution in [-0.2, 0) is 0 Å². The van der Waals surface area contributed by atoms with Crippen LogP contribution in [0.1, 0.15) is 0 Å². The van der Waals surface area contributed by atoms with E-state index in [-0.39, 0.29) is 0 Å². The van der Waals surface area contributed by atoms with Gasteiger partial charge in [-0.05, 0) is 0 Å². The van der Waals surface area contributed by atoms with Crippen LogP contribution in [0.4, 0.5) is 4.79 Å². The lowest BCUT2D eigenvalue weighted by atomic mass is 10.9. The van der Waals surface area contributed by atoms with Crippen LogP contribution >= 0.6 is 0 Å². The first-order valence-corrected chi connectivity index (χ1v) is 2.28. The molecule has 1 heterocycles. The average Bonchev–Trinajstić information content (AvgIpc) is 2.12. The van der Waals surface area contributed by atoms with Gasteiger partial charge in [0.05, 0.1) is 13.3 Å². The van der Waals surface area contributed by atoms with Gasteiger partial charge in [-0.3, -0.25) is 5.32 Å². The van der Waals surface area contributed by atoms with Gasteiger partial charge < -0.3 is 0 Å². The maximum atomic E-state index is 10.1. The summed E-state index contributed by atoms with van der Waals surface area (Å²) in [5, 5.41) is 4.02. The van der Waals surface area contributed by atoms with E-state index in [2.05, 4.69) is 10.7 Å². The zero-order chi connectivity index (χ0) is 5.98. The highest BCUT2D eigenvalue weighted by atomic mass is 16.2. The number of hydrogen-bond acceptors (Lipinski definition) is 3. The maximum Gasteiger partial charge on any atom is 0.351 e. The zero-order valence-electron chi connectivity index (χ0n) is 4.27. The van der Waals surface area contributed by atoms with Crippen molar-refractivity contribution in [3.8, 4) is 0 Å². The number of amides is 2. The summed E-state index contributed by atoms with van der Waals surface area (Å²) in [6.45, 7) is 1.01. The molecule has 2 amide bonds. The molecule has 5 nitrogen and oxygen atoms in total. The molecule has 0 aliphatic carbocycles. The van der Waals surface area contributed by atoms with Gasteiger partial charge in [0, 0.05) is 0 Å². The number of carbonyl (C=O) groups excluding carboxylic acids is 1. The van der Waals surface area contributed by atoms with Crippen molar-refractivity contribution < 1.29 is 4.79 Å². The molecule has 45 valence electrons. The van der Waals surface area contributed by atoms with Crippen molar-refractivity contribution in [3.63, 3.8) is 0 Å². The first-order chi connectivity index (χ1) is 3.80. The maximum absolute atomic E-state index is 10.1. The van der Waals surface area contributed by atoms with Crippen LogP contribution in [0.2, 0.25) is 0 Å². The van der Waals surface area contributed by atoms with E-state index in [9.17, 15) is 4.79 Å². The topological polar surface area (TPSA) is 68.2 Å². The monoisotopic (exact) mass is 115 g/mol. The van der Waals surface area contributed by atoms with Crippen LogP contribution in [0.5, 0.6) is 0 Å². The van der Waals surface area contributed by atoms with E-state index in [0.717, 1.165) is 0 Å². The van der Waals surface area contributed by atoms with Gasteiger partial charge in [0.15, 0.2) is 0 Å². The summed E-state index contributed by atoms with van der Waals surface area (Å²) in [7, 11) is 0. The molecule has 0 bridgehead atoms. The second-order valence-corrected chi connectivity index (χ2v) is 1.48. The molecule has 0 saturated carbocycles. The molecular weight excluding hydrogens is 108 g/mol. The van der Waals surface area contributed by atoms with E-state index in [1.54, 1.807) is 0 Å². The Hall–Kier alpha value is -0.810. The first-order valence-electron chi connectivity index (χ1n) is 2.28. The van der Waals surface area contributed by atoms with E-state index < -0.39 is 6.03 Å². The first kappa shape index (κ1) is 5.33. The number of nitrogens with one attached hydrogen (secondary N) is 3. The highest BCUT2D eigenvalue weighted by Gasteiger charge is 2.12. The molecule has 0 atom stereocenters. The molecule has 1 fully saturated rings. The Morgan fingerprint density at radius 1 is 1.75 bits per heavy atom. The molecule has 0 spiro atoms. The molecule has 1 saturated heterocycles. The molecule has 1 aliphatic rings. The predicted molar refractivity (Wildman–Crippen MR) is 26.3 cm³/mol. The second-order valence-electron chi connectivity index (χ2n) is 1.48. The van der Waals surface area contributed by atoms with Gasteiger partial charge in [-0.15, -0.1) is 0 Å². The summed E-state index contributed by atoms with van der Waals surface area (Å²) in [6, 6.07) is -0.699. The zero-order valence-corrected chi connectivity index (χ0v) is 4.27. The van der Waals surface area contributed by atoms with Crippen LogP contribution in [0.3, 0.4) is 0 Å². The third kappa shape index (κ3) is 0.877. The predicted octanol–water partition coefficient (Wildman–Crippen LogP) is -1.29. The summed E-state index contributed by atoms with van der Waals surface area (Å²) >= 11 is 0. The molecule has 1 radical (unpaired) electrons. The van der Waals surface area contributed by atoms with Crippen molar-refractivity contribution in [1.82, 2.24) is 21.5 Å². The van der Waals surface area contributed by atoms with Crippen LogP contribution in [0.25, 0.3) is 0 Å². The van der Waals surface area contributed by atoms with Crippen molar-refractivity contribution in [2.45, 2.75) is 0 Å². The number of rotatable bonds is 0. The fourth-order valence-corrected chi connectivity index (χ4v) is 0.519.